The second-order valence-corrected chi connectivity index (χ2v) is 5.14. The van der Waals surface area contributed by atoms with E-state index in [9.17, 15) is 4.79 Å². The summed E-state index contributed by atoms with van der Waals surface area (Å²) in [5, 5.41) is 3.53. The highest BCUT2D eigenvalue weighted by Crippen LogP contribution is 2.14. The maximum Gasteiger partial charge on any atom is 0.240 e. The van der Waals surface area contributed by atoms with Gasteiger partial charge in [0.1, 0.15) is 6.54 Å². The zero-order valence-electron chi connectivity index (χ0n) is 11.3. The van der Waals surface area contributed by atoms with Crippen LogP contribution in [0.2, 0.25) is 5.02 Å². The smallest absolute Gasteiger partial charge is 0.240 e. The largest absolute Gasteiger partial charge is 0.350 e. The van der Waals surface area contributed by atoms with Crippen molar-refractivity contribution in [1.29, 1.82) is 0 Å². The number of hydrogen-bond acceptors (Lipinski definition) is 2. The summed E-state index contributed by atoms with van der Waals surface area (Å²) < 4.78 is 1.83. The Kier molecular flexibility index (Phi) is 3.88. The van der Waals surface area contributed by atoms with Gasteiger partial charge in [-0.15, -0.1) is 0 Å². The minimum absolute atomic E-state index is 0.0712. The number of carbonyl (C=O) groups excluding carboxylic acids is 1. The number of carbonyl (C=O) groups is 1. The predicted octanol–water partition coefficient (Wildman–Crippen LogP) is 3.01. The van der Waals surface area contributed by atoms with E-state index in [2.05, 4.69) is 10.3 Å². The number of benzene rings is 2. The van der Waals surface area contributed by atoms with Crippen molar-refractivity contribution in [1.82, 2.24) is 14.9 Å². The number of imidazole rings is 1. The molecule has 1 aromatic heterocycles. The molecular weight excluding hydrogens is 286 g/mol. The van der Waals surface area contributed by atoms with Gasteiger partial charge >= 0.3 is 0 Å². The molecule has 0 aliphatic carbocycles. The van der Waals surface area contributed by atoms with Crippen LogP contribution in [-0.2, 0) is 17.9 Å². The highest BCUT2D eigenvalue weighted by molar-refractivity contribution is 6.31. The molecule has 1 heterocycles. The summed E-state index contributed by atoms with van der Waals surface area (Å²) in [6, 6.07) is 15.2. The molecule has 3 rings (SSSR count). The summed E-state index contributed by atoms with van der Waals surface area (Å²) in [5.74, 6) is -0.0712. The molecule has 0 saturated heterocycles. The monoisotopic (exact) mass is 299 g/mol. The molecule has 0 saturated carbocycles. The number of nitrogens with one attached hydrogen (secondary N) is 1. The fourth-order valence-corrected chi connectivity index (χ4v) is 2.39. The van der Waals surface area contributed by atoms with Crippen LogP contribution < -0.4 is 5.32 Å². The van der Waals surface area contributed by atoms with E-state index in [1.807, 2.05) is 53.1 Å². The van der Waals surface area contributed by atoms with Gasteiger partial charge in [0.25, 0.3) is 0 Å². The van der Waals surface area contributed by atoms with Gasteiger partial charge in [-0.25, -0.2) is 4.98 Å². The highest BCUT2D eigenvalue weighted by Gasteiger charge is 2.07. The number of para-hydroxylation sites is 2. The average molecular weight is 300 g/mol. The van der Waals surface area contributed by atoms with Crippen LogP contribution in [-0.4, -0.2) is 15.5 Å². The Balaban J connectivity index is 1.66. The van der Waals surface area contributed by atoms with Gasteiger partial charge in [0.2, 0.25) is 5.91 Å². The van der Waals surface area contributed by atoms with Crippen molar-refractivity contribution in [2.75, 3.05) is 0 Å². The van der Waals surface area contributed by atoms with Crippen LogP contribution in [0.4, 0.5) is 0 Å². The van der Waals surface area contributed by atoms with Gasteiger partial charge < -0.3 is 9.88 Å². The Morgan fingerprint density at radius 2 is 1.90 bits per heavy atom. The Morgan fingerprint density at radius 3 is 2.76 bits per heavy atom. The van der Waals surface area contributed by atoms with Crippen molar-refractivity contribution in [3.05, 3.63) is 65.4 Å². The first-order valence-electron chi connectivity index (χ1n) is 6.64. The normalized spacial score (nSPS) is 10.7. The molecule has 3 aromatic rings. The van der Waals surface area contributed by atoms with E-state index in [1.54, 1.807) is 6.33 Å². The van der Waals surface area contributed by atoms with Crippen LogP contribution in [0.5, 0.6) is 0 Å². The zero-order valence-corrected chi connectivity index (χ0v) is 12.0. The second kappa shape index (κ2) is 5.97. The van der Waals surface area contributed by atoms with E-state index in [0.717, 1.165) is 16.6 Å². The van der Waals surface area contributed by atoms with E-state index >= 15 is 0 Å². The molecule has 0 fully saturated rings. The summed E-state index contributed by atoms with van der Waals surface area (Å²) in [6.45, 7) is 0.663. The molecule has 4 nitrogen and oxygen atoms in total. The number of halogens is 1. The SMILES string of the molecule is O=C(Cn1cnc2ccccc21)NCc1ccccc1Cl. The van der Waals surface area contributed by atoms with Crippen molar-refractivity contribution in [2.45, 2.75) is 13.1 Å². The van der Waals surface area contributed by atoms with Crippen molar-refractivity contribution in [3.63, 3.8) is 0 Å². The van der Waals surface area contributed by atoms with Crippen molar-refractivity contribution >= 4 is 28.5 Å². The number of rotatable bonds is 4. The molecule has 0 atom stereocenters. The fourth-order valence-electron chi connectivity index (χ4n) is 2.18. The first-order valence-corrected chi connectivity index (χ1v) is 7.02. The molecule has 1 amide bonds. The fraction of sp³-hybridized carbons (Fsp3) is 0.125. The van der Waals surface area contributed by atoms with E-state index < -0.39 is 0 Å². The van der Waals surface area contributed by atoms with Gasteiger partial charge in [0.15, 0.2) is 0 Å². The Hall–Kier alpha value is -2.33. The molecule has 0 radical (unpaired) electrons. The van der Waals surface area contributed by atoms with E-state index in [0.29, 0.717) is 11.6 Å². The molecule has 0 aliphatic heterocycles. The molecule has 0 spiro atoms. The van der Waals surface area contributed by atoms with Gasteiger partial charge in [-0.05, 0) is 23.8 Å². The number of nitrogens with zero attached hydrogens (tertiary/aromatic N) is 2. The lowest BCUT2D eigenvalue weighted by Crippen LogP contribution is -2.26. The quantitative estimate of drug-likeness (QED) is 0.805. The van der Waals surface area contributed by atoms with Crippen LogP contribution in [0.1, 0.15) is 5.56 Å². The zero-order chi connectivity index (χ0) is 14.7. The van der Waals surface area contributed by atoms with Crippen molar-refractivity contribution in [3.8, 4) is 0 Å². The average Bonchev–Trinajstić information content (AvgIpc) is 2.90. The third-order valence-corrected chi connectivity index (χ3v) is 3.64. The molecule has 0 aliphatic rings. The van der Waals surface area contributed by atoms with Gasteiger partial charge in [0.05, 0.1) is 17.4 Å². The summed E-state index contributed by atoms with van der Waals surface area (Å²) in [5.41, 5.74) is 2.74. The maximum atomic E-state index is 12.0. The molecule has 0 bridgehead atoms. The summed E-state index contributed by atoms with van der Waals surface area (Å²) in [7, 11) is 0. The topological polar surface area (TPSA) is 46.9 Å². The lowest BCUT2D eigenvalue weighted by atomic mass is 10.2. The van der Waals surface area contributed by atoms with Crippen molar-refractivity contribution in [2.24, 2.45) is 0 Å². The predicted molar refractivity (Wildman–Crippen MR) is 83.0 cm³/mol. The van der Waals surface area contributed by atoms with Gasteiger partial charge in [0, 0.05) is 11.6 Å². The van der Waals surface area contributed by atoms with Crippen LogP contribution >= 0.6 is 11.6 Å². The van der Waals surface area contributed by atoms with Crippen LogP contribution in [0, 0.1) is 0 Å². The van der Waals surface area contributed by atoms with Gasteiger partial charge in [-0.1, -0.05) is 41.9 Å². The molecule has 1 N–H and O–H groups in total. The highest BCUT2D eigenvalue weighted by atomic mass is 35.5. The van der Waals surface area contributed by atoms with E-state index in [1.165, 1.54) is 0 Å². The number of aromatic nitrogens is 2. The molecule has 21 heavy (non-hydrogen) atoms. The van der Waals surface area contributed by atoms with E-state index in [4.69, 9.17) is 11.6 Å². The Labute approximate surface area is 127 Å². The minimum Gasteiger partial charge on any atom is -0.350 e. The van der Waals surface area contributed by atoms with Crippen LogP contribution in [0.25, 0.3) is 11.0 Å². The molecule has 5 heteroatoms. The van der Waals surface area contributed by atoms with Gasteiger partial charge in [-0.3, -0.25) is 4.79 Å². The Morgan fingerprint density at radius 1 is 1.14 bits per heavy atom. The first kappa shape index (κ1) is 13.6. The lowest BCUT2D eigenvalue weighted by molar-refractivity contribution is -0.121. The van der Waals surface area contributed by atoms with Crippen LogP contribution in [0.15, 0.2) is 54.9 Å². The van der Waals surface area contributed by atoms with E-state index in [-0.39, 0.29) is 12.5 Å². The number of hydrogen-bond donors (Lipinski definition) is 1. The second-order valence-electron chi connectivity index (χ2n) is 4.73. The third kappa shape index (κ3) is 3.06. The lowest BCUT2D eigenvalue weighted by Gasteiger charge is -2.08. The number of amides is 1. The minimum atomic E-state index is -0.0712. The summed E-state index contributed by atoms with van der Waals surface area (Å²) in [6.07, 6.45) is 1.68. The third-order valence-electron chi connectivity index (χ3n) is 3.28. The van der Waals surface area contributed by atoms with Crippen LogP contribution in [0.3, 0.4) is 0 Å². The van der Waals surface area contributed by atoms with Gasteiger partial charge in [-0.2, -0.15) is 0 Å². The molecular formula is C16H14ClN3O. The molecule has 0 unspecified atom stereocenters. The van der Waals surface area contributed by atoms with Crippen molar-refractivity contribution < 1.29 is 4.79 Å². The maximum absolute atomic E-state index is 12.0. The Bertz CT molecular complexity index is 782. The first-order chi connectivity index (χ1) is 10.2. The number of fused-ring (bicyclic) bond motifs is 1. The molecule has 2 aromatic carbocycles. The summed E-state index contributed by atoms with van der Waals surface area (Å²) in [4.78, 5) is 16.3. The standard InChI is InChI=1S/C16H14ClN3O/c17-13-6-2-1-5-12(13)9-18-16(21)10-20-11-19-14-7-3-4-8-15(14)20/h1-8,11H,9-10H2,(H,18,21). The summed E-state index contributed by atoms with van der Waals surface area (Å²) >= 11 is 6.06. The molecule has 106 valence electrons.